The van der Waals surface area contributed by atoms with Crippen LogP contribution in [-0.2, 0) is 0 Å². The summed E-state index contributed by atoms with van der Waals surface area (Å²) in [5, 5.41) is 0. The van der Waals surface area contributed by atoms with Gasteiger partial charge < -0.3 is 0 Å². The average molecular weight is 253 g/mol. The van der Waals surface area contributed by atoms with Crippen molar-refractivity contribution < 1.29 is 0 Å². The molecule has 1 aliphatic heterocycles. The SMILES string of the molecule is c1ccc(C2CN2C23CC4CC(CC(C4)C2)C3)cc1. The molecule has 100 valence electrons. The van der Waals surface area contributed by atoms with E-state index in [1.807, 2.05) is 0 Å². The topological polar surface area (TPSA) is 3.01 Å². The van der Waals surface area contributed by atoms with Crippen molar-refractivity contribution in [2.24, 2.45) is 17.8 Å². The van der Waals surface area contributed by atoms with E-state index in [9.17, 15) is 0 Å². The first-order valence-electron chi connectivity index (χ1n) is 8.14. The van der Waals surface area contributed by atoms with Gasteiger partial charge in [-0.2, -0.15) is 0 Å². The Morgan fingerprint density at radius 2 is 1.42 bits per heavy atom. The summed E-state index contributed by atoms with van der Waals surface area (Å²) in [6, 6.07) is 11.9. The maximum absolute atomic E-state index is 2.87. The third kappa shape index (κ3) is 1.57. The Bertz CT molecular complexity index is 456. The minimum absolute atomic E-state index is 0.620. The predicted octanol–water partition coefficient (Wildman–Crippen LogP) is 4.01. The summed E-state index contributed by atoms with van der Waals surface area (Å²) in [4.78, 5) is 2.87. The molecule has 1 aromatic rings. The fourth-order valence-electron chi connectivity index (χ4n) is 6.04. The van der Waals surface area contributed by atoms with Crippen molar-refractivity contribution >= 4 is 0 Å². The molecule has 5 aliphatic rings. The largest absolute Gasteiger partial charge is 0.287 e. The lowest BCUT2D eigenvalue weighted by Gasteiger charge is -2.57. The van der Waals surface area contributed by atoms with E-state index >= 15 is 0 Å². The van der Waals surface area contributed by atoms with Crippen molar-refractivity contribution in [3.63, 3.8) is 0 Å². The molecule has 19 heavy (non-hydrogen) atoms. The van der Waals surface area contributed by atoms with E-state index in [2.05, 4.69) is 35.2 Å². The van der Waals surface area contributed by atoms with Gasteiger partial charge in [-0.3, -0.25) is 4.90 Å². The van der Waals surface area contributed by atoms with Crippen LogP contribution in [0.25, 0.3) is 0 Å². The molecule has 2 unspecified atom stereocenters. The highest BCUT2D eigenvalue weighted by Gasteiger charge is 2.58. The molecule has 5 fully saturated rings. The summed E-state index contributed by atoms with van der Waals surface area (Å²) in [6.07, 6.45) is 9.22. The summed E-state index contributed by atoms with van der Waals surface area (Å²) in [7, 11) is 0. The Morgan fingerprint density at radius 1 is 0.842 bits per heavy atom. The van der Waals surface area contributed by atoms with Gasteiger partial charge in [-0.15, -0.1) is 0 Å². The number of benzene rings is 1. The zero-order valence-corrected chi connectivity index (χ0v) is 11.6. The van der Waals surface area contributed by atoms with Gasteiger partial charge >= 0.3 is 0 Å². The molecule has 0 spiro atoms. The monoisotopic (exact) mass is 253 g/mol. The highest BCUT2D eigenvalue weighted by atomic mass is 15.4. The Balaban J connectivity index is 1.43. The molecule has 4 bridgehead atoms. The first kappa shape index (κ1) is 10.9. The molecule has 4 saturated carbocycles. The van der Waals surface area contributed by atoms with Crippen LogP contribution in [0, 0.1) is 17.8 Å². The van der Waals surface area contributed by atoms with Crippen LogP contribution in [-0.4, -0.2) is 17.0 Å². The Hall–Kier alpha value is -0.820. The minimum Gasteiger partial charge on any atom is -0.287 e. The van der Waals surface area contributed by atoms with Gasteiger partial charge in [0.15, 0.2) is 0 Å². The highest BCUT2D eigenvalue weighted by molar-refractivity contribution is 5.27. The Morgan fingerprint density at radius 3 is 2.00 bits per heavy atom. The van der Waals surface area contributed by atoms with E-state index in [4.69, 9.17) is 0 Å². The van der Waals surface area contributed by atoms with E-state index in [0.29, 0.717) is 5.54 Å². The molecule has 1 heteroatoms. The second kappa shape index (κ2) is 3.63. The van der Waals surface area contributed by atoms with Gasteiger partial charge in [0.2, 0.25) is 0 Å². The quantitative estimate of drug-likeness (QED) is 0.720. The summed E-state index contributed by atoms with van der Waals surface area (Å²) in [5.74, 6) is 3.22. The molecule has 0 N–H and O–H groups in total. The lowest BCUT2D eigenvalue weighted by Crippen LogP contribution is -2.54. The van der Waals surface area contributed by atoms with Gasteiger partial charge in [0.1, 0.15) is 0 Å². The smallest absolute Gasteiger partial charge is 0.0481 e. The Labute approximate surface area is 116 Å². The van der Waals surface area contributed by atoms with E-state index in [1.54, 1.807) is 24.8 Å². The first-order chi connectivity index (χ1) is 9.32. The van der Waals surface area contributed by atoms with Crippen molar-refractivity contribution in [2.45, 2.75) is 50.1 Å². The fourth-order valence-corrected chi connectivity index (χ4v) is 6.04. The van der Waals surface area contributed by atoms with Crippen molar-refractivity contribution in [1.82, 2.24) is 4.90 Å². The molecule has 2 atom stereocenters. The second-order valence-corrected chi connectivity index (χ2v) is 7.72. The fraction of sp³-hybridized carbons (Fsp3) is 0.667. The van der Waals surface area contributed by atoms with E-state index < -0.39 is 0 Å². The normalized spacial score (nSPS) is 50.4. The molecule has 4 aliphatic carbocycles. The van der Waals surface area contributed by atoms with Gasteiger partial charge in [-0.25, -0.2) is 0 Å². The number of rotatable bonds is 2. The molecule has 0 radical (unpaired) electrons. The van der Waals surface area contributed by atoms with Crippen LogP contribution in [0.5, 0.6) is 0 Å². The van der Waals surface area contributed by atoms with Crippen LogP contribution >= 0.6 is 0 Å². The summed E-state index contributed by atoms with van der Waals surface area (Å²) in [6.45, 7) is 1.33. The second-order valence-electron chi connectivity index (χ2n) is 7.72. The molecular weight excluding hydrogens is 230 g/mol. The summed E-state index contributed by atoms with van der Waals surface area (Å²) in [5.41, 5.74) is 2.17. The maximum atomic E-state index is 2.87. The zero-order chi connectivity index (χ0) is 12.4. The van der Waals surface area contributed by atoms with Crippen LogP contribution in [0.3, 0.4) is 0 Å². The molecular formula is C18H23N. The lowest BCUT2D eigenvalue weighted by atomic mass is 9.53. The van der Waals surface area contributed by atoms with Crippen LogP contribution in [0.1, 0.15) is 50.1 Å². The van der Waals surface area contributed by atoms with Crippen LogP contribution in [0.2, 0.25) is 0 Å². The molecule has 0 aromatic heterocycles. The zero-order valence-electron chi connectivity index (χ0n) is 11.6. The highest BCUT2D eigenvalue weighted by Crippen LogP contribution is 2.61. The number of hydrogen-bond donors (Lipinski definition) is 0. The predicted molar refractivity (Wildman–Crippen MR) is 76.8 cm³/mol. The molecule has 1 nitrogen and oxygen atoms in total. The standard InChI is InChI=1S/C18H23N/c1-2-4-16(5-3-1)17-12-19(17)18-9-13-6-14(10-18)8-15(7-13)11-18/h1-5,13-15,17H,6-12H2. The molecule has 1 saturated heterocycles. The van der Waals surface area contributed by atoms with Gasteiger partial charge in [-0.05, 0) is 61.8 Å². The minimum atomic E-state index is 0.620. The lowest BCUT2D eigenvalue weighted by molar-refractivity contribution is -0.0534. The van der Waals surface area contributed by atoms with Crippen molar-refractivity contribution in [1.29, 1.82) is 0 Å². The average Bonchev–Trinajstić information content (AvgIpc) is 3.19. The molecule has 1 heterocycles. The summed E-state index contributed by atoms with van der Waals surface area (Å²) >= 11 is 0. The van der Waals surface area contributed by atoms with Crippen molar-refractivity contribution in [3.8, 4) is 0 Å². The van der Waals surface area contributed by atoms with Gasteiger partial charge in [0.25, 0.3) is 0 Å². The Kier molecular flexibility index (Phi) is 2.09. The van der Waals surface area contributed by atoms with Crippen molar-refractivity contribution in [2.75, 3.05) is 6.54 Å². The number of nitrogens with zero attached hydrogens (tertiary/aromatic N) is 1. The van der Waals surface area contributed by atoms with E-state index in [-0.39, 0.29) is 0 Å². The first-order valence-corrected chi connectivity index (χ1v) is 8.14. The summed E-state index contributed by atoms with van der Waals surface area (Å²) < 4.78 is 0. The number of hydrogen-bond acceptors (Lipinski definition) is 1. The van der Waals surface area contributed by atoms with E-state index in [0.717, 1.165) is 23.8 Å². The maximum Gasteiger partial charge on any atom is 0.0481 e. The van der Waals surface area contributed by atoms with Gasteiger partial charge in [-0.1, -0.05) is 30.3 Å². The molecule has 6 rings (SSSR count). The van der Waals surface area contributed by atoms with E-state index in [1.165, 1.54) is 25.8 Å². The van der Waals surface area contributed by atoms with Crippen molar-refractivity contribution in [3.05, 3.63) is 35.9 Å². The molecule has 0 amide bonds. The molecule has 1 aromatic carbocycles. The third-order valence-corrected chi connectivity index (χ3v) is 6.41. The van der Waals surface area contributed by atoms with Crippen LogP contribution < -0.4 is 0 Å². The van der Waals surface area contributed by atoms with Crippen LogP contribution in [0.4, 0.5) is 0 Å². The van der Waals surface area contributed by atoms with Gasteiger partial charge in [0, 0.05) is 18.1 Å². The third-order valence-electron chi connectivity index (χ3n) is 6.41. The van der Waals surface area contributed by atoms with Crippen LogP contribution in [0.15, 0.2) is 30.3 Å². The van der Waals surface area contributed by atoms with Gasteiger partial charge in [0.05, 0.1) is 0 Å².